The SMILES string of the molecule is C[N+]1(C)C=C(C(=O)O)C(C(F)F)=N1. The van der Waals surface area contributed by atoms with Crippen LogP contribution in [0.2, 0.25) is 0 Å². The lowest BCUT2D eigenvalue weighted by molar-refractivity contribution is -0.843. The molecule has 0 bridgehead atoms. The van der Waals surface area contributed by atoms with Crippen LogP contribution in [0.25, 0.3) is 0 Å². The van der Waals surface area contributed by atoms with Crippen molar-refractivity contribution in [3.63, 3.8) is 0 Å². The summed E-state index contributed by atoms with van der Waals surface area (Å²) < 4.78 is 24.3. The van der Waals surface area contributed by atoms with Crippen LogP contribution in [0.5, 0.6) is 0 Å². The first kappa shape index (κ1) is 9.79. The lowest BCUT2D eigenvalue weighted by atomic mass is 10.2. The number of halogens is 2. The molecule has 72 valence electrons. The average Bonchev–Trinajstić information content (AvgIpc) is 2.26. The molecule has 0 saturated heterocycles. The molecule has 0 radical (unpaired) electrons. The minimum atomic E-state index is -2.85. The standard InChI is InChI=1S/C7H8F2N2O2/c1-11(2)3-4(7(12)13)5(10-11)6(8)9/h3,6H,1-2H3/p+1. The highest BCUT2D eigenvalue weighted by molar-refractivity contribution is 6.20. The number of alkyl halides is 2. The third-order valence-electron chi connectivity index (χ3n) is 1.52. The van der Waals surface area contributed by atoms with Crippen molar-refractivity contribution in [3.05, 3.63) is 11.8 Å². The van der Waals surface area contributed by atoms with E-state index < -0.39 is 23.7 Å². The van der Waals surface area contributed by atoms with Crippen LogP contribution in [-0.2, 0) is 4.79 Å². The number of carbonyl (C=O) groups is 1. The fourth-order valence-electron chi connectivity index (χ4n) is 1.07. The maximum atomic E-state index is 12.2. The number of aliphatic carboxylic acids is 1. The zero-order chi connectivity index (χ0) is 10.2. The monoisotopic (exact) mass is 191 g/mol. The van der Waals surface area contributed by atoms with Crippen molar-refractivity contribution in [2.75, 3.05) is 14.1 Å². The molecule has 0 aromatic carbocycles. The van der Waals surface area contributed by atoms with Gasteiger partial charge in [-0.1, -0.05) is 5.10 Å². The molecule has 0 saturated carbocycles. The quantitative estimate of drug-likeness (QED) is 0.652. The second kappa shape index (κ2) is 2.88. The molecule has 1 heterocycles. The van der Waals surface area contributed by atoms with Gasteiger partial charge in [-0.3, -0.25) is 0 Å². The Kier molecular flexibility index (Phi) is 2.17. The Labute approximate surface area is 73.4 Å². The van der Waals surface area contributed by atoms with E-state index in [4.69, 9.17) is 5.11 Å². The third-order valence-corrected chi connectivity index (χ3v) is 1.52. The van der Waals surface area contributed by atoms with E-state index in [1.807, 2.05) is 0 Å². The largest absolute Gasteiger partial charge is 0.477 e. The minimum absolute atomic E-state index is 0.207. The number of hydrogen-bond acceptors (Lipinski definition) is 2. The molecule has 1 aliphatic heterocycles. The molecule has 1 aliphatic rings. The number of rotatable bonds is 2. The molecule has 0 aromatic rings. The number of quaternary nitrogens is 1. The fourth-order valence-corrected chi connectivity index (χ4v) is 1.07. The van der Waals surface area contributed by atoms with Crippen molar-refractivity contribution in [2.45, 2.75) is 6.43 Å². The molecule has 0 fully saturated rings. The van der Waals surface area contributed by atoms with Crippen molar-refractivity contribution in [1.82, 2.24) is 0 Å². The van der Waals surface area contributed by atoms with Crippen molar-refractivity contribution in [2.24, 2.45) is 5.10 Å². The normalized spacial score (nSPS) is 20.1. The van der Waals surface area contributed by atoms with Gasteiger partial charge in [0.15, 0.2) is 5.71 Å². The van der Waals surface area contributed by atoms with Crippen molar-refractivity contribution in [1.29, 1.82) is 0 Å². The minimum Gasteiger partial charge on any atom is -0.477 e. The molecular formula is C7H9F2N2O2+. The van der Waals surface area contributed by atoms with E-state index in [-0.39, 0.29) is 4.59 Å². The molecule has 1 rings (SSSR count). The van der Waals surface area contributed by atoms with E-state index in [0.29, 0.717) is 0 Å². The first-order valence-corrected chi connectivity index (χ1v) is 3.52. The summed E-state index contributed by atoms with van der Waals surface area (Å²) in [7, 11) is 3.02. The van der Waals surface area contributed by atoms with Gasteiger partial charge in [-0.2, -0.15) is 4.59 Å². The molecule has 0 aromatic heterocycles. The summed E-state index contributed by atoms with van der Waals surface area (Å²) in [6.45, 7) is 0. The second-order valence-corrected chi connectivity index (χ2v) is 3.11. The van der Waals surface area contributed by atoms with E-state index >= 15 is 0 Å². The summed E-state index contributed by atoms with van der Waals surface area (Å²) in [6, 6.07) is 0. The second-order valence-electron chi connectivity index (χ2n) is 3.11. The van der Waals surface area contributed by atoms with Crippen LogP contribution in [-0.4, -0.2) is 41.9 Å². The Balaban J connectivity index is 3.09. The molecular weight excluding hydrogens is 182 g/mol. The predicted molar refractivity (Wildman–Crippen MR) is 41.3 cm³/mol. The third kappa shape index (κ3) is 1.89. The van der Waals surface area contributed by atoms with E-state index in [9.17, 15) is 13.6 Å². The summed E-state index contributed by atoms with van der Waals surface area (Å²) >= 11 is 0. The number of nitrogens with zero attached hydrogens (tertiary/aromatic N) is 2. The zero-order valence-electron chi connectivity index (χ0n) is 7.16. The molecule has 0 unspecified atom stereocenters. The molecule has 13 heavy (non-hydrogen) atoms. The summed E-state index contributed by atoms with van der Waals surface area (Å²) in [4.78, 5) is 10.5. The number of carboxylic acids is 1. The van der Waals surface area contributed by atoms with Gasteiger partial charge in [-0.05, 0) is 0 Å². The van der Waals surface area contributed by atoms with Crippen molar-refractivity contribution in [3.8, 4) is 0 Å². The van der Waals surface area contributed by atoms with Gasteiger partial charge in [0.25, 0.3) is 6.43 Å². The lowest BCUT2D eigenvalue weighted by Gasteiger charge is -2.11. The summed E-state index contributed by atoms with van der Waals surface area (Å²) in [5.41, 5.74) is -1.07. The Morgan fingerprint density at radius 3 is 2.46 bits per heavy atom. The van der Waals surface area contributed by atoms with Crippen LogP contribution < -0.4 is 0 Å². The fraction of sp³-hybridized carbons (Fsp3) is 0.429. The molecule has 1 N–H and O–H groups in total. The Hall–Kier alpha value is -1.30. The molecule has 6 heteroatoms. The summed E-state index contributed by atoms with van der Waals surface area (Å²) in [5.74, 6) is -1.37. The van der Waals surface area contributed by atoms with Crippen LogP contribution in [0.3, 0.4) is 0 Å². The van der Waals surface area contributed by atoms with E-state index in [1.165, 1.54) is 20.3 Å². The maximum absolute atomic E-state index is 12.2. The zero-order valence-corrected chi connectivity index (χ0v) is 7.16. The van der Waals surface area contributed by atoms with Crippen LogP contribution in [0.1, 0.15) is 0 Å². The maximum Gasteiger partial charge on any atom is 0.343 e. The molecule has 0 aliphatic carbocycles. The Bertz CT molecular complexity index is 308. The predicted octanol–water partition coefficient (Wildman–Crippen LogP) is 0.666. The van der Waals surface area contributed by atoms with Gasteiger partial charge in [0.05, 0.1) is 14.1 Å². The van der Waals surface area contributed by atoms with Gasteiger partial charge in [0.2, 0.25) is 0 Å². The highest BCUT2D eigenvalue weighted by Crippen LogP contribution is 2.20. The van der Waals surface area contributed by atoms with E-state index in [1.54, 1.807) is 0 Å². The average molecular weight is 191 g/mol. The van der Waals surface area contributed by atoms with Gasteiger partial charge in [-0.25, -0.2) is 13.6 Å². The van der Waals surface area contributed by atoms with Crippen molar-refractivity contribution < 1.29 is 23.3 Å². The molecule has 0 atom stereocenters. The summed E-state index contributed by atoms with van der Waals surface area (Å²) in [6.07, 6.45) is -1.67. The topological polar surface area (TPSA) is 49.7 Å². The van der Waals surface area contributed by atoms with Crippen LogP contribution in [0, 0.1) is 0 Å². The van der Waals surface area contributed by atoms with Crippen LogP contribution >= 0.6 is 0 Å². The van der Waals surface area contributed by atoms with Gasteiger partial charge in [0, 0.05) is 0 Å². The highest BCUT2D eigenvalue weighted by atomic mass is 19.3. The smallest absolute Gasteiger partial charge is 0.343 e. The first-order valence-electron chi connectivity index (χ1n) is 3.52. The number of hydrogen-bond donors (Lipinski definition) is 1. The summed E-state index contributed by atoms with van der Waals surface area (Å²) in [5, 5.41) is 12.1. The highest BCUT2D eigenvalue weighted by Gasteiger charge is 2.36. The van der Waals surface area contributed by atoms with Crippen LogP contribution in [0.4, 0.5) is 8.78 Å². The van der Waals surface area contributed by atoms with Gasteiger partial charge >= 0.3 is 5.97 Å². The molecule has 4 nitrogen and oxygen atoms in total. The number of carboxylic acid groups (broad SMARTS) is 1. The molecule has 0 amide bonds. The lowest BCUT2D eigenvalue weighted by Crippen LogP contribution is -2.24. The Morgan fingerprint density at radius 1 is 1.62 bits per heavy atom. The van der Waals surface area contributed by atoms with Crippen molar-refractivity contribution >= 4 is 11.7 Å². The molecule has 0 spiro atoms. The van der Waals surface area contributed by atoms with E-state index in [0.717, 1.165) is 0 Å². The van der Waals surface area contributed by atoms with Gasteiger partial charge in [0.1, 0.15) is 11.8 Å². The van der Waals surface area contributed by atoms with Crippen LogP contribution in [0.15, 0.2) is 16.9 Å². The van der Waals surface area contributed by atoms with E-state index in [2.05, 4.69) is 5.10 Å². The first-order chi connectivity index (χ1) is 5.83. The van der Waals surface area contributed by atoms with Gasteiger partial charge < -0.3 is 5.11 Å². The Morgan fingerprint density at radius 2 is 2.15 bits per heavy atom. The van der Waals surface area contributed by atoms with Gasteiger partial charge in [-0.15, -0.1) is 0 Å².